The van der Waals surface area contributed by atoms with Crippen LogP contribution in [0.15, 0.2) is 36.4 Å². The largest absolute Gasteiger partial charge is 0.497 e. The first-order valence-electron chi connectivity index (χ1n) is 8.61. The van der Waals surface area contributed by atoms with Gasteiger partial charge in [-0.25, -0.2) is 0 Å². The number of amides is 3. The number of ether oxygens (including phenoxy) is 1. The number of hydrogen-bond donors (Lipinski definition) is 1. The maximum Gasteiger partial charge on any atom is 0.270 e. The third-order valence-electron chi connectivity index (χ3n) is 6.23. The molecule has 4 aliphatic carbocycles. The van der Waals surface area contributed by atoms with Gasteiger partial charge in [-0.3, -0.25) is 19.8 Å². The van der Waals surface area contributed by atoms with Crippen molar-refractivity contribution in [3.63, 3.8) is 0 Å². The molecule has 6 heteroatoms. The van der Waals surface area contributed by atoms with Crippen LogP contribution in [0.25, 0.3) is 0 Å². The zero-order chi connectivity index (χ0) is 17.3. The molecule has 0 spiro atoms. The van der Waals surface area contributed by atoms with Crippen molar-refractivity contribution < 1.29 is 19.1 Å². The van der Waals surface area contributed by atoms with Gasteiger partial charge < -0.3 is 4.74 Å². The fraction of sp³-hybridized carbons (Fsp3) is 0.421. The summed E-state index contributed by atoms with van der Waals surface area (Å²) in [6.07, 6.45) is 5.34. The summed E-state index contributed by atoms with van der Waals surface area (Å²) in [5.74, 6) is 0.438. The van der Waals surface area contributed by atoms with E-state index < -0.39 is 5.91 Å². The highest BCUT2D eigenvalue weighted by molar-refractivity contribution is 6.08. The summed E-state index contributed by atoms with van der Waals surface area (Å²) >= 11 is 0. The summed E-state index contributed by atoms with van der Waals surface area (Å²) in [6, 6.07) is 6.54. The zero-order valence-electron chi connectivity index (χ0n) is 13.7. The number of nitrogens with one attached hydrogen (secondary N) is 1. The molecule has 6 nitrogen and oxygen atoms in total. The summed E-state index contributed by atoms with van der Waals surface area (Å²) in [5.41, 5.74) is 2.89. The zero-order valence-corrected chi connectivity index (χ0v) is 13.7. The Bertz CT molecular complexity index is 779. The molecule has 0 aromatic heterocycles. The van der Waals surface area contributed by atoms with Crippen LogP contribution >= 0.6 is 0 Å². The minimum atomic E-state index is -0.464. The van der Waals surface area contributed by atoms with Crippen molar-refractivity contribution in [3.8, 4) is 5.75 Å². The summed E-state index contributed by atoms with van der Waals surface area (Å²) in [7, 11) is 1.55. The van der Waals surface area contributed by atoms with Crippen molar-refractivity contribution in [2.75, 3.05) is 7.11 Å². The molecule has 6 rings (SSSR count). The number of methoxy groups -OCH3 is 1. The summed E-state index contributed by atoms with van der Waals surface area (Å²) in [6.45, 7) is 0. The second-order valence-electron chi connectivity index (χ2n) is 7.34. The molecular weight excluding hydrogens is 320 g/mol. The maximum atomic E-state index is 12.8. The first-order valence-corrected chi connectivity index (χ1v) is 8.61. The molecule has 1 aromatic carbocycles. The van der Waals surface area contributed by atoms with E-state index in [0.29, 0.717) is 23.1 Å². The Morgan fingerprint density at radius 1 is 1.04 bits per heavy atom. The van der Waals surface area contributed by atoms with Crippen LogP contribution in [0.5, 0.6) is 5.75 Å². The molecule has 1 N–H and O–H groups in total. The van der Waals surface area contributed by atoms with Crippen LogP contribution < -0.4 is 10.2 Å². The highest BCUT2D eigenvalue weighted by Crippen LogP contribution is 2.65. The summed E-state index contributed by atoms with van der Waals surface area (Å²) in [5, 5.41) is 0.958. The van der Waals surface area contributed by atoms with Gasteiger partial charge in [0.15, 0.2) is 0 Å². The number of imide groups is 1. The second kappa shape index (κ2) is 4.94. The number of nitrogens with zero attached hydrogens (tertiary/aromatic N) is 1. The molecule has 128 valence electrons. The van der Waals surface area contributed by atoms with E-state index in [1.807, 2.05) is 0 Å². The van der Waals surface area contributed by atoms with E-state index in [2.05, 4.69) is 17.6 Å². The predicted molar refractivity (Wildman–Crippen MR) is 87.0 cm³/mol. The van der Waals surface area contributed by atoms with Gasteiger partial charge in [-0.05, 0) is 54.4 Å². The fourth-order valence-electron chi connectivity index (χ4n) is 4.98. The van der Waals surface area contributed by atoms with Crippen molar-refractivity contribution in [3.05, 3.63) is 42.0 Å². The molecule has 6 atom stereocenters. The average Bonchev–Trinajstić information content (AvgIpc) is 3.43. The standard InChI is InChI=1S/C19H18N2O4/c1-25-10-4-2-9(3-5-10)17(22)20-21-18(23)15-11-6-7-12(14-8-13(11)14)16(15)19(21)24/h2-7,11-16H,8H2,1H3,(H,20,22)/t11-,12+,13-,14-,15+,16-/m1/s1. The number of allylic oxidation sites excluding steroid dienone is 2. The van der Waals surface area contributed by atoms with Gasteiger partial charge in [0, 0.05) is 5.56 Å². The molecular formula is C19H18N2O4. The minimum absolute atomic E-state index is 0.152. The van der Waals surface area contributed by atoms with Crippen molar-refractivity contribution >= 4 is 17.7 Å². The van der Waals surface area contributed by atoms with Gasteiger partial charge >= 0.3 is 0 Å². The molecule has 1 heterocycles. The highest BCUT2D eigenvalue weighted by Gasteiger charge is 2.67. The average molecular weight is 338 g/mol. The van der Waals surface area contributed by atoms with Gasteiger partial charge in [0.05, 0.1) is 18.9 Å². The number of carbonyl (C=O) groups excluding carboxylic acids is 3. The predicted octanol–water partition coefficient (Wildman–Crippen LogP) is 1.39. The lowest BCUT2D eigenvalue weighted by Crippen LogP contribution is -2.46. The van der Waals surface area contributed by atoms with Gasteiger partial charge in [0.2, 0.25) is 0 Å². The Hall–Kier alpha value is -2.63. The van der Waals surface area contributed by atoms with Crippen LogP contribution in [-0.2, 0) is 9.59 Å². The molecule has 1 saturated heterocycles. The monoisotopic (exact) mass is 338 g/mol. The van der Waals surface area contributed by atoms with Gasteiger partial charge in [0.1, 0.15) is 5.75 Å². The van der Waals surface area contributed by atoms with Crippen LogP contribution in [0.3, 0.4) is 0 Å². The Morgan fingerprint density at radius 2 is 1.60 bits per heavy atom. The molecule has 1 aromatic rings. The van der Waals surface area contributed by atoms with Crippen molar-refractivity contribution in [1.29, 1.82) is 0 Å². The number of carbonyl (C=O) groups is 3. The van der Waals surface area contributed by atoms with Crippen LogP contribution in [0, 0.1) is 35.5 Å². The van der Waals surface area contributed by atoms with Gasteiger partial charge in [-0.2, -0.15) is 5.01 Å². The van der Waals surface area contributed by atoms with E-state index in [9.17, 15) is 14.4 Å². The third kappa shape index (κ3) is 1.94. The third-order valence-corrected chi connectivity index (χ3v) is 6.23. The van der Waals surface area contributed by atoms with Crippen LogP contribution in [0.2, 0.25) is 0 Å². The Balaban J connectivity index is 1.37. The van der Waals surface area contributed by atoms with E-state index in [4.69, 9.17) is 4.74 Å². The van der Waals surface area contributed by atoms with E-state index in [1.165, 1.54) is 0 Å². The number of benzene rings is 1. The first kappa shape index (κ1) is 14.7. The number of hydrazine groups is 1. The lowest BCUT2D eigenvalue weighted by atomic mass is 9.63. The molecule has 1 aliphatic heterocycles. The molecule has 2 bridgehead atoms. The highest BCUT2D eigenvalue weighted by atomic mass is 16.5. The van der Waals surface area contributed by atoms with E-state index >= 15 is 0 Å². The second-order valence-corrected chi connectivity index (χ2v) is 7.34. The topological polar surface area (TPSA) is 75.7 Å². The molecule has 25 heavy (non-hydrogen) atoms. The molecule has 5 aliphatic rings. The van der Waals surface area contributed by atoms with Gasteiger partial charge in [-0.15, -0.1) is 0 Å². The minimum Gasteiger partial charge on any atom is -0.497 e. The molecule has 2 saturated carbocycles. The molecule has 0 radical (unpaired) electrons. The fourth-order valence-corrected chi connectivity index (χ4v) is 4.98. The summed E-state index contributed by atoms with van der Waals surface area (Å²) < 4.78 is 5.07. The molecule has 3 amide bonds. The van der Waals surface area contributed by atoms with Gasteiger partial charge in [-0.1, -0.05) is 12.2 Å². The van der Waals surface area contributed by atoms with Crippen LogP contribution in [-0.4, -0.2) is 29.8 Å². The quantitative estimate of drug-likeness (QED) is 0.668. The Labute approximate surface area is 144 Å². The molecule has 3 fully saturated rings. The van der Waals surface area contributed by atoms with Crippen LogP contribution in [0.1, 0.15) is 16.8 Å². The Kier molecular flexibility index (Phi) is 2.90. The number of hydrogen-bond acceptors (Lipinski definition) is 4. The van der Waals surface area contributed by atoms with Crippen LogP contribution in [0.4, 0.5) is 0 Å². The Morgan fingerprint density at radius 3 is 2.12 bits per heavy atom. The lowest BCUT2D eigenvalue weighted by molar-refractivity contribution is -0.143. The van der Waals surface area contributed by atoms with Gasteiger partial charge in [0.25, 0.3) is 17.7 Å². The summed E-state index contributed by atoms with van der Waals surface area (Å²) in [4.78, 5) is 38.1. The van der Waals surface area contributed by atoms with Crippen molar-refractivity contribution in [1.82, 2.24) is 10.4 Å². The van der Waals surface area contributed by atoms with Crippen molar-refractivity contribution in [2.45, 2.75) is 6.42 Å². The normalized spacial score (nSPS) is 36.9. The molecule has 0 unspecified atom stereocenters. The smallest absolute Gasteiger partial charge is 0.270 e. The van der Waals surface area contributed by atoms with Crippen molar-refractivity contribution in [2.24, 2.45) is 35.5 Å². The van der Waals surface area contributed by atoms with E-state index in [0.717, 1.165) is 11.4 Å². The maximum absolute atomic E-state index is 12.8. The SMILES string of the molecule is COc1ccc(C(=O)NN2C(=O)[C@@H]3[C@H]4C=C[C@H]([C@H]5C[C@H]45)[C@@H]3C2=O)cc1. The van der Waals surface area contributed by atoms with E-state index in [1.54, 1.807) is 31.4 Å². The lowest BCUT2D eigenvalue weighted by Gasteiger charge is -2.37. The van der Waals surface area contributed by atoms with E-state index in [-0.39, 0.29) is 35.5 Å². The first-order chi connectivity index (χ1) is 12.1. The number of rotatable bonds is 3.